The summed E-state index contributed by atoms with van der Waals surface area (Å²) in [6.07, 6.45) is 0. The lowest BCUT2D eigenvalue weighted by Crippen LogP contribution is -2.44. The van der Waals surface area contributed by atoms with Gasteiger partial charge in [0.05, 0.1) is 25.0 Å². The second kappa shape index (κ2) is 9.83. The number of hydrogen-bond donors (Lipinski definition) is 1. The third kappa shape index (κ3) is 6.36. The first kappa shape index (κ1) is 21.9. The van der Waals surface area contributed by atoms with Crippen LogP contribution in [0.1, 0.15) is 43.9 Å². The topological polar surface area (TPSA) is 54.7 Å². The summed E-state index contributed by atoms with van der Waals surface area (Å²) in [5, 5.41) is 3.09. The molecule has 1 atom stereocenters. The van der Waals surface area contributed by atoms with E-state index in [2.05, 4.69) is 55.3 Å². The predicted octanol–water partition coefficient (Wildman–Crippen LogP) is 4.17. The van der Waals surface area contributed by atoms with E-state index in [0.717, 1.165) is 29.5 Å². The first-order chi connectivity index (χ1) is 13.8. The first-order valence-electron chi connectivity index (χ1n) is 10.2. The van der Waals surface area contributed by atoms with Gasteiger partial charge in [-0.2, -0.15) is 0 Å². The highest BCUT2D eigenvalue weighted by atomic mass is 32.2. The monoisotopic (exact) mass is 416 g/mol. The molecule has 1 aromatic carbocycles. The average Bonchev–Trinajstić information content (AvgIpc) is 3.13. The highest BCUT2D eigenvalue weighted by Gasteiger charge is 2.25. The number of amides is 1. The van der Waals surface area contributed by atoms with Crippen molar-refractivity contribution < 1.29 is 13.9 Å². The van der Waals surface area contributed by atoms with Crippen molar-refractivity contribution in [3.63, 3.8) is 0 Å². The average molecular weight is 417 g/mol. The van der Waals surface area contributed by atoms with E-state index in [9.17, 15) is 4.79 Å². The number of thioether (sulfide) groups is 1. The van der Waals surface area contributed by atoms with Crippen LogP contribution in [0.3, 0.4) is 0 Å². The molecule has 2 aromatic rings. The lowest BCUT2D eigenvalue weighted by molar-refractivity contribution is -0.118. The fourth-order valence-electron chi connectivity index (χ4n) is 3.39. The van der Waals surface area contributed by atoms with Crippen LogP contribution >= 0.6 is 11.8 Å². The van der Waals surface area contributed by atoms with Crippen molar-refractivity contribution in [3.8, 4) is 0 Å². The largest absolute Gasteiger partial charge is 0.465 e. The number of carbonyl (C=O) groups is 1. The maximum atomic E-state index is 12.5. The summed E-state index contributed by atoms with van der Waals surface area (Å²) in [7, 11) is 0. The molecule has 0 spiro atoms. The molecule has 1 aliphatic rings. The Morgan fingerprint density at radius 1 is 1.14 bits per heavy atom. The Balaban J connectivity index is 1.53. The van der Waals surface area contributed by atoms with E-state index < -0.39 is 0 Å². The molecular weight excluding hydrogens is 384 g/mol. The van der Waals surface area contributed by atoms with Gasteiger partial charge in [-0.3, -0.25) is 9.69 Å². The Kier molecular flexibility index (Phi) is 7.44. The zero-order chi connectivity index (χ0) is 20.9. The summed E-state index contributed by atoms with van der Waals surface area (Å²) in [6, 6.07) is 12.5. The molecule has 1 amide bonds. The molecule has 1 N–H and O–H groups in total. The number of nitrogens with one attached hydrogen (secondary N) is 1. The van der Waals surface area contributed by atoms with Gasteiger partial charge in [-0.05, 0) is 42.2 Å². The van der Waals surface area contributed by atoms with Crippen molar-refractivity contribution in [2.24, 2.45) is 0 Å². The van der Waals surface area contributed by atoms with E-state index in [4.69, 9.17) is 9.15 Å². The third-order valence-electron chi connectivity index (χ3n) is 5.16. The molecule has 0 bridgehead atoms. The van der Waals surface area contributed by atoms with Gasteiger partial charge >= 0.3 is 0 Å². The van der Waals surface area contributed by atoms with Crippen LogP contribution in [0, 0.1) is 6.92 Å². The number of morpholine rings is 1. The Hall–Kier alpha value is -1.76. The van der Waals surface area contributed by atoms with E-state index >= 15 is 0 Å². The molecule has 6 heteroatoms. The number of rotatable bonds is 7. The van der Waals surface area contributed by atoms with Gasteiger partial charge in [0, 0.05) is 24.5 Å². The fraction of sp³-hybridized carbons (Fsp3) is 0.522. The minimum absolute atomic E-state index is 0.0348. The van der Waals surface area contributed by atoms with Crippen LogP contribution in [-0.4, -0.2) is 49.4 Å². The maximum absolute atomic E-state index is 12.5. The normalized spacial score (nSPS) is 16.6. The minimum Gasteiger partial charge on any atom is -0.465 e. The van der Waals surface area contributed by atoms with Crippen molar-refractivity contribution in [1.82, 2.24) is 10.2 Å². The molecule has 1 aromatic heterocycles. The number of benzene rings is 1. The predicted molar refractivity (Wildman–Crippen MR) is 117 cm³/mol. The Morgan fingerprint density at radius 2 is 1.83 bits per heavy atom. The molecule has 1 saturated heterocycles. The molecule has 1 fully saturated rings. The van der Waals surface area contributed by atoms with Gasteiger partial charge in [0.15, 0.2) is 0 Å². The summed E-state index contributed by atoms with van der Waals surface area (Å²) >= 11 is 1.57. The number of hydrogen-bond acceptors (Lipinski definition) is 5. The number of aryl methyl sites for hydroxylation is 1. The van der Waals surface area contributed by atoms with Crippen LogP contribution in [0.2, 0.25) is 0 Å². The Morgan fingerprint density at radius 3 is 2.41 bits per heavy atom. The highest BCUT2D eigenvalue weighted by molar-refractivity contribution is 8.00. The smallest absolute Gasteiger partial charge is 0.230 e. The molecule has 158 valence electrons. The van der Waals surface area contributed by atoms with E-state index in [-0.39, 0.29) is 17.4 Å². The van der Waals surface area contributed by atoms with E-state index in [1.54, 1.807) is 11.8 Å². The molecule has 1 unspecified atom stereocenters. The summed E-state index contributed by atoms with van der Waals surface area (Å²) in [5.74, 6) is 2.23. The molecule has 0 aliphatic carbocycles. The quantitative estimate of drug-likeness (QED) is 0.687. The first-order valence-corrected chi connectivity index (χ1v) is 11.2. The van der Waals surface area contributed by atoms with Gasteiger partial charge in [-0.1, -0.05) is 32.9 Å². The van der Waals surface area contributed by atoms with Crippen molar-refractivity contribution in [2.45, 2.75) is 44.0 Å². The SMILES string of the molecule is Cc1ccc(C(CNC(=O)CSc2ccc(C(C)(C)C)cc2)N2CCOCC2)o1. The summed E-state index contributed by atoms with van der Waals surface area (Å²) in [6.45, 7) is 12.2. The summed E-state index contributed by atoms with van der Waals surface area (Å²) in [5.41, 5.74) is 1.44. The second-order valence-corrected chi connectivity index (χ2v) is 9.53. The van der Waals surface area contributed by atoms with Gasteiger partial charge in [0.2, 0.25) is 5.91 Å². The van der Waals surface area contributed by atoms with Crippen molar-refractivity contribution in [2.75, 3.05) is 38.6 Å². The van der Waals surface area contributed by atoms with E-state index in [1.165, 1.54) is 5.56 Å². The lowest BCUT2D eigenvalue weighted by Gasteiger charge is -2.33. The fourth-order valence-corrected chi connectivity index (χ4v) is 4.12. The second-order valence-electron chi connectivity index (χ2n) is 8.48. The van der Waals surface area contributed by atoms with Crippen LogP contribution in [0.4, 0.5) is 0 Å². The minimum atomic E-state index is 0.0348. The summed E-state index contributed by atoms with van der Waals surface area (Å²) < 4.78 is 11.3. The third-order valence-corrected chi connectivity index (χ3v) is 6.17. The van der Waals surface area contributed by atoms with E-state index in [0.29, 0.717) is 25.5 Å². The van der Waals surface area contributed by atoms with Crippen molar-refractivity contribution in [3.05, 3.63) is 53.5 Å². The van der Waals surface area contributed by atoms with Crippen molar-refractivity contribution in [1.29, 1.82) is 0 Å². The van der Waals surface area contributed by atoms with Crippen LogP contribution in [0.5, 0.6) is 0 Å². The lowest BCUT2D eigenvalue weighted by atomic mass is 9.87. The van der Waals surface area contributed by atoms with Crippen LogP contribution < -0.4 is 5.32 Å². The van der Waals surface area contributed by atoms with Gasteiger partial charge in [-0.25, -0.2) is 0 Å². The number of nitrogens with zero attached hydrogens (tertiary/aromatic N) is 1. The molecular formula is C23H32N2O3S. The van der Waals surface area contributed by atoms with Crippen molar-refractivity contribution >= 4 is 17.7 Å². The molecule has 0 radical (unpaired) electrons. The molecule has 29 heavy (non-hydrogen) atoms. The zero-order valence-corrected chi connectivity index (χ0v) is 18.7. The van der Waals surface area contributed by atoms with Gasteiger partial charge < -0.3 is 14.5 Å². The molecule has 1 aliphatic heterocycles. The molecule has 3 rings (SSSR count). The maximum Gasteiger partial charge on any atom is 0.230 e. The Labute approximate surface area is 178 Å². The van der Waals surface area contributed by atoms with Crippen LogP contribution in [0.15, 0.2) is 45.7 Å². The standard InChI is InChI=1S/C23H32N2O3S/c1-17-5-10-21(28-17)20(25-11-13-27-14-12-25)15-24-22(26)16-29-19-8-6-18(7-9-19)23(2,3)4/h5-10,20H,11-16H2,1-4H3,(H,24,26). The number of carbonyl (C=O) groups excluding carboxylic acids is 1. The highest BCUT2D eigenvalue weighted by Crippen LogP contribution is 2.26. The Bertz CT molecular complexity index is 789. The van der Waals surface area contributed by atoms with Gasteiger partial charge in [0.25, 0.3) is 0 Å². The van der Waals surface area contributed by atoms with Gasteiger partial charge in [-0.15, -0.1) is 11.8 Å². The molecule has 2 heterocycles. The molecule has 0 saturated carbocycles. The number of furan rings is 1. The van der Waals surface area contributed by atoms with Gasteiger partial charge in [0.1, 0.15) is 11.5 Å². The number of ether oxygens (including phenoxy) is 1. The van der Waals surface area contributed by atoms with E-state index in [1.807, 2.05) is 19.1 Å². The zero-order valence-electron chi connectivity index (χ0n) is 17.9. The summed E-state index contributed by atoms with van der Waals surface area (Å²) in [4.78, 5) is 15.9. The molecule has 5 nitrogen and oxygen atoms in total. The van der Waals surface area contributed by atoms with Crippen LogP contribution in [-0.2, 0) is 14.9 Å². The van der Waals surface area contributed by atoms with Crippen LogP contribution in [0.25, 0.3) is 0 Å².